The van der Waals surface area contributed by atoms with Crippen molar-refractivity contribution in [2.24, 2.45) is 0 Å². The molecule has 196 valence electrons. The van der Waals surface area contributed by atoms with Crippen molar-refractivity contribution < 1.29 is 22.7 Å². The largest absolute Gasteiger partial charge is 0.495 e. The van der Waals surface area contributed by atoms with Crippen LogP contribution in [0.3, 0.4) is 0 Å². The zero-order valence-electron chi connectivity index (χ0n) is 21.3. The molecule has 0 spiro atoms. The van der Waals surface area contributed by atoms with Gasteiger partial charge >= 0.3 is 12.2 Å². The van der Waals surface area contributed by atoms with Crippen molar-refractivity contribution in [3.8, 4) is 17.1 Å². The van der Waals surface area contributed by atoms with Crippen LogP contribution in [-0.2, 0) is 6.18 Å². The van der Waals surface area contributed by atoms with Crippen LogP contribution in [-0.4, -0.2) is 54.2 Å². The lowest BCUT2D eigenvalue weighted by Crippen LogP contribution is -2.50. The number of urea groups is 1. The standard InChI is InChI=1S/C27H30F3N5O2/c1-17(2)23-18(3)31-24(19-9-11-20(12-10-19)27(28,29)30)33-25(23)34-13-15-35(16-14-34)26(36)32-21-7-5-6-8-22(21)37-4/h5-12,17H,13-16H2,1-4H3,(H,32,36). The van der Waals surface area contributed by atoms with Gasteiger partial charge in [0.05, 0.1) is 18.4 Å². The highest BCUT2D eigenvalue weighted by atomic mass is 19.4. The smallest absolute Gasteiger partial charge is 0.416 e. The van der Waals surface area contributed by atoms with Crippen LogP contribution in [0.25, 0.3) is 11.4 Å². The molecule has 2 aromatic carbocycles. The minimum Gasteiger partial charge on any atom is -0.495 e. The summed E-state index contributed by atoms with van der Waals surface area (Å²) in [6, 6.07) is 11.9. The number of carbonyl (C=O) groups is 1. The number of aryl methyl sites for hydroxylation is 1. The number of halogens is 3. The molecule has 3 aromatic rings. The molecule has 1 aliphatic rings. The van der Waals surface area contributed by atoms with Crippen LogP contribution in [0.4, 0.5) is 29.5 Å². The Morgan fingerprint density at radius 3 is 2.24 bits per heavy atom. The van der Waals surface area contributed by atoms with E-state index in [0.29, 0.717) is 49.0 Å². The summed E-state index contributed by atoms with van der Waals surface area (Å²) >= 11 is 0. The molecule has 1 saturated heterocycles. The lowest BCUT2D eigenvalue weighted by molar-refractivity contribution is -0.137. The average Bonchev–Trinajstić information content (AvgIpc) is 2.88. The number of anilines is 2. The molecule has 37 heavy (non-hydrogen) atoms. The van der Waals surface area contributed by atoms with Gasteiger partial charge in [0.25, 0.3) is 0 Å². The summed E-state index contributed by atoms with van der Waals surface area (Å²) < 4.78 is 44.3. The molecule has 7 nitrogen and oxygen atoms in total. The summed E-state index contributed by atoms with van der Waals surface area (Å²) in [5.74, 6) is 1.86. The van der Waals surface area contributed by atoms with Gasteiger partial charge in [0, 0.05) is 43.0 Å². The van der Waals surface area contributed by atoms with Crippen LogP contribution in [0.5, 0.6) is 5.75 Å². The van der Waals surface area contributed by atoms with E-state index in [1.54, 1.807) is 24.1 Å². The second-order valence-corrected chi connectivity index (χ2v) is 9.20. The Balaban J connectivity index is 1.54. The number of carbonyl (C=O) groups excluding carboxylic acids is 1. The average molecular weight is 514 g/mol. The third-order valence-electron chi connectivity index (χ3n) is 6.38. The zero-order valence-corrected chi connectivity index (χ0v) is 21.3. The number of hydrogen-bond acceptors (Lipinski definition) is 5. The van der Waals surface area contributed by atoms with Gasteiger partial charge in [0.15, 0.2) is 5.82 Å². The second-order valence-electron chi connectivity index (χ2n) is 9.20. The molecule has 4 rings (SSSR count). The maximum atomic E-state index is 13.0. The van der Waals surface area contributed by atoms with Crippen molar-refractivity contribution in [2.75, 3.05) is 43.5 Å². The third-order valence-corrected chi connectivity index (χ3v) is 6.38. The first-order valence-corrected chi connectivity index (χ1v) is 12.1. The van der Waals surface area contributed by atoms with Gasteiger partial charge < -0.3 is 19.9 Å². The van der Waals surface area contributed by atoms with Gasteiger partial charge in [-0.1, -0.05) is 38.1 Å². The van der Waals surface area contributed by atoms with Crippen molar-refractivity contribution in [1.29, 1.82) is 0 Å². The number of benzene rings is 2. The van der Waals surface area contributed by atoms with E-state index in [4.69, 9.17) is 9.72 Å². The van der Waals surface area contributed by atoms with Crippen LogP contribution in [0.15, 0.2) is 48.5 Å². The third kappa shape index (κ3) is 5.79. The predicted molar refractivity (Wildman–Crippen MR) is 137 cm³/mol. The topological polar surface area (TPSA) is 70.6 Å². The minimum atomic E-state index is -4.40. The fourth-order valence-electron chi connectivity index (χ4n) is 4.48. The zero-order chi connectivity index (χ0) is 26.7. The summed E-state index contributed by atoms with van der Waals surface area (Å²) in [6.45, 7) is 8.09. The number of rotatable bonds is 5. The normalized spacial score (nSPS) is 14.2. The van der Waals surface area contributed by atoms with Crippen molar-refractivity contribution in [2.45, 2.75) is 32.9 Å². The molecule has 0 atom stereocenters. The Kier molecular flexibility index (Phi) is 7.56. The van der Waals surface area contributed by atoms with Gasteiger partial charge in [-0.25, -0.2) is 14.8 Å². The predicted octanol–water partition coefficient (Wildman–Crippen LogP) is 5.96. The summed E-state index contributed by atoms with van der Waals surface area (Å²) in [6.07, 6.45) is -4.40. The monoisotopic (exact) mass is 513 g/mol. The first-order valence-electron chi connectivity index (χ1n) is 12.1. The Labute approximate surface area is 214 Å². The molecule has 0 aliphatic carbocycles. The van der Waals surface area contributed by atoms with E-state index in [0.717, 1.165) is 29.2 Å². The highest BCUT2D eigenvalue weighted by molar-refractivity contribution is 5.91. The Hall–Kier alpha value is -3.82. The number of ether oxygens (including phenoxy) is 1. The van der Waals surface area contributed by atoms with E-state index in [1.165, 1.54) is 12.1 Å². The Morgan fingerprint density at radius 2 is 1.65 bits per heavy atom. The van der Waals surface area contributed by atoms with Gasteiger partial charge in [0.2, 0.25) is 0 Å². The van der Waals surface area contributed by atoms with Crippen molar-refractivity contribution in [3.63, 3.8) is 0 Å². The van der Waals surface area contributed by atoms with Crippen LogP contribution in [0.1, 0.15) is 36.6 Å². The van der Waals surface area contributed by atoms with Crippen LogP contribution >= 0.6 is 0 Å². The number of para-hydroxylation sites is 2. The molecule has 0 radical (unpaired) electrons. The maximum Gasteiger partial charge on any atom is 0.416 e. The SMILES string of the molecule is COc1ccccc1NC(=O)N1CCN(c2nc(-c3ccc(C(F)(F)F)cc3)nc(C)c2C(C)C)CC1. The van der Waals surface area contributed by atoms with E-state index in [9.17, 15) is 18.0 Å². The summed E-state index contributed by atoms with van der Waals surface area (Å²) in [5, 5.41) is 2.91. The number of nitrogens with zero attached hydrogens (tertiary/aromatic N) is 4. The van der Waals surface area contributed by atoms with Crippen molar-refractivity contribution in [3.05, 3.63) is 65.4 Å². The molecule has 1 fully saturated rings. The molecule has 1 aromatic heterocycles. The van der Waals surface area contributed by atoms with E-state index in [1.807, 2.05) is 19.1 Å². The van der Waals surface area contributed by atoms with Gasteiger partial charge in [-0.05, 0) is 37.1 Å². The fourth-order valence-corrected chi connectivity index (χ4v) is 4.48. The molecule has 0 saturated carbocycles. The van der Waals surface area contributed by atoms with Crippen LogP contribution < -0.4 is 15.0 Å². The van der Waals surface area contributed by atoms with Crippen LogP contribution in [0.2, 0.25) is 0 Å². The second kappa shape index (κ2) is 10.7. The van der Waals surface area contributed by atoms with Gasteiger partial charge in [-0.2, -0.15) is 13.2 Å². The number of hydrogen-bond donors (Lipinski definition) is 1. The van der Waals surface area contributed by atoms with E-state index >= 15 is 0 Å². The summed E-state index contributed by atoms with van der Waals surface area (Å²) in [4.78, 5) is 26.1. The number of piperazine rings is 1. The number of alkyl halides is 3. The summed E-state index contributed by atoms with van der Waals surface area (Å²) in [5.41, 5.74) is 2.18. The minimum absolute atomic E-state index is 0.142. The maximum absolute atomic E-state index is 13.0. The molecule has 0 unspecified atom stereocenters. The Morgan fingerprint density at radius 1 is 1.00 bits per heavy atom. The number of methoxy groups -OCH3 is 1. The lowest BCUT2D eigenvalue weighted by atomic mass is 10.0. The van der Waals surface area contributed by atoms with Gasteiger partial charge in [-0.15, -0.1) is 0 Å². The quantitative estimate of drug-likeness (QED) is 0.456. The molecule has 0 bridgehead atoms. The number of aromatic nitrogens is 2. The first-order chi connectivity index (χ1) is 17.6. The highest BCUT2D eigenvalue weighted by Gasteiger charge is 2.30. The molecule has 10 heteroatoms. The highest BCUT2D eigenvalue weighted by Crippen LogP contribution is 2.33. The first kappa shape index (κ1) is 26.2. The van der Waals surface area contributed by atoms with E-state index in [2.05, 4.69) is 29.0 Å². The molecular weight excluding hydrogens is 483 g/mol. The number of nitrogens with one attached hydrogen (secondary N) is 1. The molecule has 2 amide bonds. The van der Waals surface area contributed by atoms with E-state index in [-0.39, 0.29) is 11.9 Å². The fraction of sp³-hybridized carbons (Fsp3) is 0.370. The molecule has 1 aliphatic heterocycles. The Bertz CT molecular complexity index is 1250. The molecule has 2 heterocycles. The lowest BCUT2D eigenvalue weighted by Gasteiger charge is -2.37. The molecular formula is C27H30F3N5O2. The van der Waals surface area contributed by atoms with Crippen molar-refractivity contribution in [1.82, 2.24) is 14.9 Å². The van der Waals surface area contributed by atoms with Gasteiger partial charge in [0.1, 0.15) is 11.6 Å². The van der Waals surface area contributed by atoms with Crippen molar-refractivity contribution >= 4 is 17.5 Å². The number of amides is 2. The summed E-state index contributed by atoms with van der Waals surface area (Å²) in [7, 11) is 1.55. The molecule has 1 N–H and O–H groups in total. The van der Waals surface area contributed by atoms with Gasteiger partial charge in [-0.3, -0.25) is 0 Å². The van der Waals surface area contributed by atoms with Crippen LogP contribution in [0, 0.1) is 6.92 Å². The van der Waals surface area contributed by atoms with E-state index < -0.39 is 11.7 Å².